The van der Waals surface area contributed by atoms with Gasteiger partial charge < -0.3 is 57.9 Å². The van der Waals surface area contributed by atoms with Crippen LogP contribution in [0.15, 0.2) is 115 Å². The van der Waals surface area contributed by atoms with Crippen molar-refractivity contribution in [2.24, 2.45) is 5.73 Å². The van der Waals surface area contributed by atoms with Crippen molar-refractivity contribution in [1.82, 2.24) is 36.9 Å². The number of aromatic hydroxyl groups is 1. The molecule has 19 heteroatoms. The first kappa shape index (κ1) is 49.9. The summed E-state index contributed by atoms with van der Waals surface area (Å²) in [5, 5.41) is 45.3. The molecule has 0 unspecified atom stereocenters. The maximum absolute atomic E-state index is 14.4. The van der Waals surface area contributed by atoms with E-state index in [0.717, 1.165) is 0 Å². The topological polar surface area (TPSA) is 311 Å². The van der Waals surface area contributed by atoms with Crippen LogP contribution in [0.4, 0.5) is 0 Å². The van der Waals surface area contributed by atoms with Gasteiger partial charge in [-0.05, 0) is 54.3 Å². The summed E-state index contributed by atoms with van der Waals surface area (Å²) < 4.78 is 0. The highest BCUT2D eigenvalue weighted by molar-refractivity contribution is 5.98. The lowest BCUT2D eigenvalue weighted by molar-refractivity contribution is -0.141. The minimum Gasteiger partial charge on any atom is -0.508 e. The monoisotopic (exact) mass is 918 g/mol. The molecule has 0 aliphatic heterocycles. The summed E-state index contributed by atoms with van der Waals surface area (Å²) in [6, 6.07) is 20.4. The molecule has 0 saturated heterocycles. The van der Waals surface area contributed by atoms with E-state index in [1.54, 1.807) is 91.1 Å². The third kappa shape index (κ3) is 15.0. The number of carboxylic acids is 2. The molecule has 6 amide bonds. The van der Waals surface area contributed by atoms with Crippen molar-refractivity contribution in [3.05, 3.63) is 138 Å². The number of rotatable bonds is 23. The zero-order valence-electron chi connectivity index (χ0n) is 36.7. The van der Waals surface area contributed by atoms with Gasteiger partial charge in [-0.3, -0.25) is 38.4 Å². The highest BCUT2D eigenvalue weighted by Gasteiger charge is 2.35. The molecule has 1 heterocycles. The Hall–Kier alpha value is -8.06. The minimum atomic E-state index is -1.85. The number of carbonyl (C=O) groups excluding carboxylic acids is 6. The molecule has 7 atom stereocenters. The van der Waals surface area contributed by atoms with Crippen molar-refractivity contribution in [3.63, 3.8) is 0 Å². The number of carboxylic acid groups (broad SMARTS) is 2. The molecule has 0 aliphatic carbocycles. The van der Waals surface area contributed by atoms with E-state index in [-0.39, 0.29) is 31.4 Å². The number of aliphatic carboxylic acids is 2. The lowest BCUT2D eigenvalue weighted by Gasteiger charge is -2.27. The number of phenolic OH excluding ortho intramolecular Hbond substituents is 1. The molecule has 5 rings (SSSR count). The van der Waals surface area contributed by atoms with Crippen LogP contribution < -0.4 is 37.6 Å². The third-order valence-electron chi connectivity index (χ3n) is 10.7. The SMILES string of the molecule is C[C@H](N)C(=O)N[C@@H](Cc1ccccc1)C(=O)N[C@@H](Cc1ccc(O)cc1)C(=O)N[C@@H](CC(=O)O)C(=O)N[C@@H](Cc1c[nH]c2ccccc12)C(=O)N[C@@H](Cc1ccccc1)C(=O)N[C@@H](C)C(=O)O. The number of phenols is 1. The summed E-state index contributed by atoms with van der Waals surface area (Å²) in [6.07, 6.45) is 0.132. The van der Waals surface area contributed by atoms with Crippen molar-refractivity contribution in [3.8, 4) is 5.75 Å². The Balaban J connectivity index is 1.45. The first-order valence-corrected chi connectivity index (χ1v) is 21.4. The minimum absolute atomic E-state index is 0.00490. The first-order chi connectivity index (χ1) is 32.0. The van der Waals surface area contributed by atoms with E-state index < -0.39 is 96.1 Å². The van der Waals surface area contributed by atoms with Gasteiger partial charge in [0.15, 0.2) is 0 Å². The molecule has 0 aliphatic rings. The highest BCUT2D eigenvalue weighted by Crippen LogP contribution is 2.20. The van der Waals surface area contributed by atoms with Gasteiger partial charge in [0.1, 0.15) is 42.0 Å². The summed E-state index contributed by atoms with van der Waals surface area (Å²) >= 11 is 0. The Morgan fingerprint density at radius 1 is 0.507 bits per heavy atom. The van der Waals surface area contributed by atoms with Crippen LogP contribution in [0.1, 0.15) is 42.5 Å². The molecule has 12 N–H and O–H groups in total. The van der Waals surface area contributed by atoms with Crippen molar-refractivity contribution >= 4 is 58.3 Å². The molecule has 0 bridgehead atoms. The predicted octanol–water partition coefficient (Wildman–Crippen LogP) is 0.979. The number of benzene rings is 4. The average Bonchev–Trinajstić information content (AvgIpc) is 3.71. The van der Waals surface area contributed by atoms with E-state index in [2.05, 4.69) is 36.9 Å². The van der Waals surface area contributed by atoms with Gasteiger partial charge in [-0.2, -0.15) is 0 Å². The molecule has 352 valence electrons. The number of amides is 6. The van der Waals surface area contributed by atoms with E-state index in [1.165, 1.54) is 38.1 Å². The highest BCUT2D eigenvalue weighted by atomic mass is 16.4. The molecule has 5 aromatic rings. The number of fused-ring (bicyclic) bond motifs is 1. The summed E-state index contributed by atoms with van der Waals surface area (Å²) in [5.74, 6) is -8.21. The molecule has 0 radical (unpaired) electrons. The van der Waals surface area contributed by atoms with Crippen LogP contribution in [-0.2, 0) is 64.0 Å². The zero-order valence-corrected chi connectivity index (χ0v) is 36.7. The molecule has 0 fully saturated rings. The van der Waals surface area contributed by atoms with Crippen molar-refractivity contribution in [2.75, 3.05) is 0 Å². The Morgan fingerprint density at radius 2 is 0.910 bits per heavy atom. The quantitative estimate of drug-likeness (QED) is 0.0437. The second kappa shape index (κ2) is 23.7. The van der Waals surface area contributed by atoms with Crippen LogP contribution in [0, 0.1) is 0 Å². The Morgan fingerprint density at radius 3 is 1.39 bits per heavy atom. The molecule has 19 nitrogen and oxygen atoms in total. The summed E-state index contributed by atoms with van der Waals surface area (Å²) in [7, 11) is 0. The fourth-order valence-electron chi connectivity index (χ4n) is 7.08. The zero-order chi connectivity index (χ0) is 48.6. The van der Waals surface area contributed by atoms with Gasteiger partial charge in [0.05, 0.1) is 12.5 Å². The molecule has 4 aromatic carbocycles. The van der Waals surface area contributed by atoms with Crippen LogP contribution in [0.5, 0.6) is 5.75 Å². The average molecular weight is 919 g/mol. The Bertz CT molecular complexity index is 2530. The van der Waals surface area contributed by atoms with Crippen LogP contribution >= 0.6 is 0 Å². The first-order valence-electron chi connectivity index (χ1n) is 21.4. The largest absolute Gasteiger partial charge is 0.508 e. The molecular formula is C48H54N8O11. The third-order valence-corrected chi connectivity index (χ3v) is 10.7. The van der Waals surface area contributed by atoms with E-state index in [9.17, 15) is 53.7 Å². The predicted molar refractivity (Wildman–Crippen MR) is 245 cm³/mol. The number of nitrogens with two attached hydrogens (primary N) is 1. The van der Waals surface area contributed by atoms with E-state index in [0.29, 0.717) is 33.2 Å². The smallest absolute Gasteiger partial charge is 0.325 e. The number of nitrogens with one attached hydrogen (secondary N) is 7. The fourth-order valence-corrected chi connectivity index (χ4v) is 7.08. The van der Waals surface area contributed by atoms with Crippen LogP contribution in [0.25, 0.3) is 10.9 Å². The van der Waals surface area contributed by atoms with Gasteiger partial charge in [0.25, 0.3) is 0 Å². The summed E-state index contributed by atoms with van der Waals surface area (Å²) in [5.41, 5.74) is 8.77. The number of para-hydroxylation sites is 1. The van der Waals surface area contributed by atoms with E-state index in [4.69, 9.17) is 5.73 Å². The van der Waals surface area contributed by atoms with Crippen molar-refractivity contribution in [2.45, 2.75) is 88.2 Å². The number of carbonyl (C=O) groups is 8. The molecule has 0 saturated carbocycles. The maximum atomic E-state index is 14.4. The summed E-state index contributed by atoms with van der Waals surface area (Å²) in [4.78, 5) is 110. The van der Waals surface area contributed by atoms with Crippen LogP contribution in [0.3, 0.4) is 0 Å². The number of hydrogen-bond donors (Lipinski definition) is 11. The number of aromatic nitrogens is 1. The van der Waals surface area contributed by atoms with Crippen molar-refractivity contribution < 1.29 is 53.7 Å². The fraction of sp³-hybridized carbons (Fsp3) is 0.292. The summed E-state index contributed by atoms with van der Waals surface area (Å²) in [6.45, 7) is 2.68. The normalized spacial score (nSPS) is 14.1. The standard InChI is InChI=1S/C48H54N8O11/c1-27(49)42(60)52-37(22-30-13-7-4-8-14-30)44(62)54-38(23-31-17-19-33(57)20-18-31)45(63)56-40(25-41(58)59)47(65)55-39(24-32-26-50-35-16-10-9-15-34(32)35)46(64)53-36(21-29-11-5-3-6-12-29)43(61)51-28(2)48(66)67/h3-20,26-28,36-40,50,57H,21-25,49H2,1-2H3,(H,51,61)(H,52,60)(H,53,64)(H,54,62)(H,55,65)(H,56,63)(H,58,59)(H,66,67)/t27-,28-,36-,37-,38-,39-,40-/m0/s1. The van der Waals surface area contributed by atoms with Crippen LogP contribution in [0.2, 0.25) is 0 Å². The van der Waals surface area contributed by atoms with Gasteiger partial charge in [-0.1, -0.05) is 91.0 Å². The second-order valence-corrected chi connectivity index (χ2v) is 16.1. The van der Waals surface area contributed by atoms with Crippen LogP contribution in [-0.4, -0.2) is 110 Å². The number of aromatic amines is 1. The molecule has 67 heavy (non-hydrogen) atoms. The van der Waals surface area contributed by atoms with Gasteiger partial charge in [0.2, 0.25) is 35.4 Å². The number of H-pyrrole nitrogens is 1. The van der Waals surface area contributed by atoms with Gasteiger partial charge >= 0.3 is 11.9 Å². The number of hydrogen-bond acceptors (Lipinski definition) is 10. The lowest BCUT2D eigenvalue weighted by Crippen LogP contribution is -2.60. The lowest BCUT2D eigenvalue weighted by atomic mass is 10.0. The maximum Gasteiger partial charge on any atom is 0.325 e. The Kier molecular flexibility index (Phi) is 17.7. The Labute approximate surface area is 385 Å². The second-order valence-electron chi connectivity index (χ2n) is 16.1. The van der Waals surface area contributed by atoms with Gasteiger partial charge in [0, 0.05) is 42.8 Å². The van der Waals surface area contributed by atoms with E-state index >= 15 is 0 Å². The van der Waals surface area contributed by atoms with Gasteiger partial charge in [-0.15, -0.1) is 0 Å². The molecule has 0 spiro atoms. The molecular weight excluding hydrogens is 865 g/mol. The van der Waals surface area contributed by atoms with E-state index in [1.807, 2.05) is 0 Å². The van der Waals surface area contributed by atoms with Gasteiger partial charge in [-0.25, -0.2) is 0 Å². The molecule has 1 aromatic heterocycles. The van der Waals surface area contributed by atoms with Crippen molar-refractivity contribution in [1.29, 1.82) is 0 Å².